The number of aliphatic carboxylic acids is 1. The quantitative estimate of drug-likeness (QED) is 0.798. The summed E-state index contributed by atoms with van der Waals surface area (Å²) in [5.41, 5.74) is 0. The molecule has 2 fully saturated rings. The molecule has 0 aromatic rings. The molecule has 0 bridgehead atoms. The highest BCUT2D eigenvalue weighted by atomic mass is 32.2. The third kappa shape index (κ3) is 3.74. The van der Waals surface area contributed by atoms with Crippen LogP contribution in [-0.2, 0) is 19.7 Å². The number of carboxylic acids is 1. The molecule has 0 aromatic carbocycles. The summed E-state index contributed by atoms with van der Waals surface area (Å²) >= 11 is 0. The standard InChI is InChI=1S/C13H24N2O5S/c1-20-10-11-5-8-14(9-6-11)21(18,19)15-7-3-2-4-12(15)13(16)17/h11-12H,2-10H2,1H3,(H,16,17). The van der Waals surface area contributed by atoms with Crippen LogP contribution in [0.1, 0.15) is 32.1 Å². The first-order valence-corrected chi connectivity index (χ1v) is 8.85. The first-order valence-electron chi connectivity index (χ1n) is 7.45. The number of carbonyl (C=O) groups is 1. The number of nitrogens with zero attached hydrogens (tertiary/aromatic N) is 2. The number of piperidine rings is 2. The van der Waals surface area contributed by atoms with Gasteiger partial charge in [-0.2, -0.15) is 17.0 Å². The summed E-state index contributed by atoms with van der Waals surface area (Å²) in [7, 11) is -2.03. The average molecular weight is 320 g/mol. The van der Waals surface area contributed by atoms with Crippen molar-refractivity contribution in [3.8, 4) is 0 Å². The third-order valence-corrected chi connectivity index (χ3v) is 6.38. The Balaban J connectivity index is 2.05. The topological polar surface area (TPSA) is 87.2 Å². The van der Waals surface area contributed by atoms with Crippen LogP contribution in [0.2, 0.25) is 0 Å². The van der Waals surface area contributed by atoms with E-state index in [1.165, 1.54) is 8.61 Å². The summed E-state index contributed by atoms with van der Waals surface area (Å²) in [4.78, 5) is 11.3. The van der Waals surface area contributed by atoms with Gasteiger partial charge >= 0.3 is 5.97 Å². The predicted octanol–water partition coefficient (Wildman–Crippen LogP) is 0.529. The van der Waals surface area contributed by atoms with Crippen molar-refractivity contribution < 1.29 is 23.1 Å². The largest absolute Gasteiger partial charge is 0.480 e. The Morgan fingerprint density at radius 2 is 1.86 bits per heavy atom. The van der Waals surface area contributed by atoms with Gasteiger partial charge in [-0.15, -0.1) is 0 Å². The molecule has 2 heterocycles. The van der Waals surface area contributed by atoms with Gasteiger partial charge in [0.15, 0.2) is 0 Å². The minimum absolute atomic E-state index is 0.303. The zero-order chi connectivity index (χ0) is 15.5. The summed E-state index contributed by atoms with van der Waals surface area (Å²) < 4.78 is 33.1. The van der Waals surface area contributed by atoms with E-state index in [1.807, 2.05) is 0 Å². The molecule has 2 rings (SSSR count). The molecule has 1 N–H and O–H groups in total. The molecular formula is C13H24N2O5S. The van der Waals surface area contributed by atoms with Crippen LogP contribution in [0.3, 0.4) is 0 Å². The van der Waals surface area contributed by atoms with Crippen molar-refractivity contribution in [1.29, 1.82) is 0 Å². The predicted molar refractivity (Wildman–Crippen MR) is 77.1 cm³/mol. The molecule has 0 radical (unpaired) electrons. The fourth-order valence-corrected chi connectivity index (χ4v) is 4.96. The second-order valence-electron chi connectivity index (χ2n) is 5.77. The van der Waals surface area contributed by atoms with Crippen molar-refractivity contribution in [2.24, 2.45) is 5.92 Å². The fourth-order valence-electron chi connectivity index (χ4n) is 3.12. The SMILES string of the molecule is COCC1CCN(S(=O)(=O)N2CCCCC2C(=O)O)CC1. The molecule has 2 saturated heterocycles. The summed E-state index contributed by atoms with van der Waals surface area (Å²) in [6.07, 6.45) is 3.41. The summed E-state index contributed by atoms with van der Waals surface area (Å²) in [6.45, 7) is 1.84. The number of carboxylic acid groups (broad SMARTS) is 1. The molecule has 1 atom stereocenters. The van der Waals surface area contributed by atoms with E-state index < -0.39 is 22.2 Å². The lowest BCUT2D eigenvalue weighted by molar-refractivity contribution is -0.142. The molecule has 7 nitrogen and oxygen atoms in total. The van der Waals surface area contributed by atoms with Crippen molar-refractivity contribution in [3.63, 3.8) is 0 Å². The van der Waals surface area contributed by atoms with Crippen molar-refractivity contribution in [2.45, 2.75) is 38.1 Å². The number of ether oxygens (including phenoxy) is 1. The van der Waals surface area contributed by atoms with Crippen LogP contribution < -0.4 is 0 Å². The van der Waals surface area contributed by atoms with Crippen LogP contribution in [0.4, 0.5) is 0 Å². The molecule has 0 saturated carbocycles. The van der Waals surface area contributed by atoms with Gasteiger partial charge in [0.2, 0.25) is 0 Å². The Bertz CT molecular complexity index is 459. The Hall–Kier alpha value is -0.700. The molecule has 0 aliphatic carbocycles. The van der Waals surface area contributed by atoms with Crippen LogP contribution in [0.25, 0.3) is 0 Å². The highest BCUT2D eigenvalue weighted by molar-refractivity contribution is 7.86. The van der Waals surface area contributed by atoms with Gasteiger partial charge in [0, 0.05) is 33.4 Å². The Morgan fingerprint density at radius 1 is 1.19 bits per heavy atom. The van der Waals surface area contributed by atoms with Crippen LogP contribution in [-0.4, -0.2) is 67.5 Å². The van der Waals surface area contributed by atoms with Gasteiger partial charge in [0.25, 0.3) is 10.2 Å². The van der Waals surface area contributed by atoms with Gasteiger partial charge < -0.3 is 9.84 Å². The molecule has 1 unspecified atom stereocenters. The lowest BCUT2D eigenvalue weighted by Gasteiger charge is -2.38. The second kappa shape index (κ2) is 7.04. The number of rotatable bonds is 5. The van der Waals surface area contributed by atoms with E-state index in [9.17, 15) is 18.3 Å². The van der Waals surface area contributed by atoms with Crippen LogP contribution in [0.5, 0.6) is 0 Å². The molecule has 0 amide bonds. The van der Waals surface area contributed by atoms with Crippen molar-refractivity contribution >= 4 is 16.2 Å². The maximum Gasteiger partial charge on any atom is 0.322 e. The van der Waals surface area contributed by atoms with Gasteiger partial charge in [-0.05, 0) is 38.0 Å². The summed E-state index contributed by atoms with van der Waals surface area (Å²) in [6, 6.07) is -0.916. The molecule has 122 valence electrons. The highest BCUT2D eigenvalue weighted by Crippen LogP contribution is 2.26. The van der Waals surface area contributed by atoms with E-state index in [-0.39, 0.29) is 0 Å². The number of hydrogen-bond acceptors (Lipinski definition) is 4. The van der Waals surface area contributed by atoms with Crippen LogP contribution in [0, 0.1) is 5.92 Å². The zero-order valence-electron chi connectivity index (χ0n) is 12.4. The number of hydrogen-bond donors (Lipinski definition) is 1. The van der Waals surface area contributed by atoms with E-state index in [0.29, 0.717) is 38.6 Å². The van der Waals surface area contributed by atoms with Crippen molar-refractivity contribution in [2.75, 3.05) is 33.4 Å². The van der Waals surface area contributed by atoms with E-state index in [4.69, 9.17) is 4.74 Å². The van der Waals surface area contributed by atoms with Crippen molar-refractivity contribution in [1.82, 2.24) is 8.61 Å². The molecule has 0 spiro atoms. The fraction of sp³-hybridized carbons (Fsp3) is 0.923. The molecule has 0 aromatic heterocycles. The zero-order valence-corrected chi connectivity index (χ0v) is 13.2. The first-order chi connectivity index (χ1) is 9.96. The molecule has 2 aliphatic heterocycles. The summed E-state index contributed by atoms with van der Waals surface area (Å²) in [5.74, 6) is -0.661. The van der Waals surface area contributed by atoms with Crippen molar-refractivity contribution in [3.05, 3.63) is 0 Å². The minimum atomic E-state index is -3.67. The van der Waals surface area contributed by atoms with Gasteiger partial charge in [0.1, 0.15) is 6.04 Å². The monoisotopic (exact) mass is 320 g/mol. The third-order valence-electron chi connectivity index (χ3n) is 4.34. The Kier molecular flexibility index (Phi) is 5.59. The molecular weight excluding hydrogens is 296 g/mol. The minimum Gasteiger partial charge on any atom is -0.480 e. The first kappa shape index (κ1) is 16.7. The smallest absolute Gasteiger partial charge is 0.322 e. The molecule has 2 aliphatic rings. The molecule has 21 heavy (non-hydrogen) atoms. The van der Waals surface area contributed by atoms with E-state index in [0.717, 1.165) is 25.7 Å². The molecule has 8 heteroatoms. The lowest BCUT2D eigenvalue weighted by atomic mass is 9.99. The number of methoxy groups -OCH3 is 1. The van der Waals surface area contributed by atoms with Gasteiger partial charge in [0.05, 0.1) is 0 Å². The van der Waals surface area contributed by atoms with Gasteiger partial charge in [-0.3, -0.25) is 4.79 Å². The van der Waals surface area contributed by atoms with Gasteiger partial charge in [-0.25, -0.2) is 0 Å². The summed E-state index contributed by atoms with van der Waals surface area (Å²) in [5, 5.41) is 9.24. The second-order valence-corrected chi connectivity index (χ2v) is 7.65. The van der Waals surface area contributed by atoms with Crippen LogP contribution >= 0.6 is 0 Å². The maximum atomic E-state index is 12.7. The Labute approximate surface area is 126 Å². The highest BCUT2D eigenvalue weighted by Gasteiger charge is 2.40. The van der Waals surface area contributed by atoms with E-state index in [2.05, 4.69) is 0 Å². The Morgan fingerprint density at radius 3 is 2.43 bits per heavy atom. The normalized spacial score (nSPS) is 26.8. The van der Waals surface area contributed by atoms with E-state index in [1.54, 1.807) is 7.11 Å². The van der Waals surface area contributed by atoms with Gasteiger partial charge in [-0.1, -0.05) is 0 Å². The lowest BCUT2D eigenvalue weighted by Crippen LogP contribution is -2.54. The van der Waals surface area contributed by atoms with E-state index >= 15 is 0 Å². The average Bonchev–Trinajstić information content (AvgIpc) is 2.48. The maximum absolute atomic E-state index is 12.7. The van der Waals surface area contributed by atoms with Crippen LogP contribution in [0.15, 0.2) is 0 Å².